The lowest BCUT2D eigenvalue weighted by molar-refractivity contribution is -0.121. The Morgan fingerprint density at radius 3 is 2.30 bits per heavy atom. The van der Waals surface area contributed by atoms with Gasteiger partial charge in [-0.3, -0.25) is 9.59 Å². The molecule has 1 aromatic rings. The van der Waals surface area contributed by atoms with Gasteiger partial charge in [0.2, 0.25) is 5.91 Å². The van der Waals surface area contributed by atoms with Gasteiger partial charge in [0, 0.05) is 14.1 Å². The molecule has 3 unspecified atom stereocenters. The molecule has 0 fully saturated rings. The number of amides is 2. The van der Waals surface area contributed by atoms with Gasteiger partial charge in [-0.1, -0.05) is 13.8 Å². The SMILES string of the molecule is Cc1c2c(cc3c1N(C)C(=O)C(C)N(C)C3=O)CC(C)C(C)C2. The van der Waals surface area contributed by atoms with E-state index in [4.69, 9.17) is 0 Å². The molecule has 1 heterocycles. The van der Waals surface area contributed by atoms with Crippen LogP contribution in [0.5, 0.6) is 0 Å². The Balaban J connectivity index is 2.25. The third-order valence-electron chi connectivity index (χ3n) is 5.96. The van der Waals surface area contributed by atoms with Crippen LogP contribution in [0.4, 0.5) is 5.69 Å². The van der Waals surface area contributed by atoms with Crippen molar-refractivity contribution in [1.82, 2.24) is 4.90 Å². The molecular formula is C19H26N2O2. The third-order valence-corrected chi connectivity index (χ3v) is 5.96. The summed E-state index contributed by atoms with van der Waals surface area (Å²) >= 11 is 0. The summed E-state index contributed by atoms with van der Waals surface area (Å²) < 4.78 is 0. The zero-order valence-corrected chi connectivity index (χ0v) is 14.9. The average molecular weight is 314 g/mol. The van der Waals surface area contributed by atoms with E-state index in [0.29, 0.717) is 17.4 Å². The molecule has 2 aliphatic rings. The number of hydrogen-bond donors (Lipinski definition) is 0. The number of hydrogen-bond acceptors (Lipinski definition) is 2. The molecule has 0 spiro atoms. The first-order valence-corrected chi connectivity index (χ1v) is 8.44. The number of likely N-dealkylation sites (N-methyl/N-ethyl adjacent to an activating group) is 2. The number of carbonyl (C=O) groups excluding carboxylic acids is 2. The predicted molar refractivity (Wildman–Crippen MR) is 91.9 cm³/mol. The number of fused-ring (bicyclic) bond motifs is 2. The van der Waals surface area contributed by atoms with Crippen molar-refractivity contribution in [2.75, 3.05) is 19.0 Å². The van der Waals surface area contributed by atoms with Crippen molar-refractivity contribution in [3.63, 3.8) is 0 Å². The predicted octanol–water partition coefficient (Wildman–Crippen LogP) is 2.80. The van der Waals surface area contributed by atoms with Crippen LogP contribution in [-0.2, 0) is 17.6 Å². The molecule has 2 amide bonds. The molecule has 0 saturated carbocycles. The van der Waals surface area contributed by atoms with Crippen molar-refractivity contribution in [2.45, 2.75) is 46.6 Å². The van der Waals surface area contributed by atoms with E-state index in [-0.39, 0.29) is 11.8 Å². The summed E-state index contributed by atoms with van der Waals surface area (Å²) in [5.41, 5.74) is 5.19. The van der Waals surface area contributed by atoms with Crippen LogP contribution < -0.4 is 4.90 Å². The Kier molecular flexibility index (Phi) is 3.74. The quantitative estimate of drug-likeness (QED) is 0.739. The summed E-state index contributed by atoms with van der Waals surface area (Å²) in [5, 5.41) is 0. The summed E-state index contributed by atoms with van der Waals surface area (Å²) in [5.74, 6) is 1.17. The fourth-order valence-electron chi connectivity index (χ4n) is 3.97. The van der Waals surface area contributed by atoms with Gasteiger partial charge in [-0.15, -0.1) is 0 Å². The van der Waals surface area contributed by atoms with Gasteiger partial charge >= 0.3 is 0 Å². The zero-order valence-electron chi connectivity index (χ0n) is 14.9. The maximum atomic E-state index is 12.9. The minimum absolute atomic E-state index is 0.0279. The highest BCUT2D eigenvalue weighted by Gasteiger charge is 2.36. The molecule has 23 heavy (non-hydrogen) atoms. The first-order chi connectivity index (χ1) is 10.7. The molecule has 124 valence electrons. The van der Waals surface area contributed by atoms with E-state index >= 15 is 0 Å². The summed E-state index contributed by atoms with van der Waals surface area (Å²) in [6, 6.07) is 1.61. The van der Waals surface area contributed by atoms with E-state index in [0.717, 1.165) is 24.1 Å². The number of anilines is 1. The van der Waals surface area contributed by atoms with Gasteiger partial charge in [0.25, 0.3) is 5.91 Å². The molecular weight excluding hydrogens is 288 g/mol. The monoisotopic (exact) mass is 314 g/mol. The van der Waals surface area contributed by atoms with Crippen molar-refractivity contribution >= 4 is 17.5 Å². The van der Waals surface area contributed by atoms with Crippen LogP contribution in [0.15, 0.2) is 6.07 Å². The largest absolute Gasteiger partial charge is 0.330 e. The fraction of sp³-hybridized carbons (Fsp3) is 0.579. The Labute approximate surface area is 138 Å². The highest BCUT2D eigenvalue weighted by molar-refractivity contribution is 6.11. The van der Waals surface area contributed by atoms with Crippen LogP contribution in [0.3, 0.4) is 0 Å². The smallest absolute Gasteiger partial charge is 0.256 e. The fourth-order valence-corrected chi connectivity index (χ4v) is 3.97. The van der Waals surface area contributed by atoms with Crippen LogP contribution in [0.2, 0.25) is 0 Å². The van der Waals surface area contributed by atoms with E-state index in [1.165, 1.54) is 11.1 Å². The number of carbonyl (C=O) groups is 2. The van der Waals surface area contributed by atoms with Crippen LogP contribution in [-0.4, -0.2) is 36.9 Å². The van der Waals surface area contributed by atoms with Crippen molar-refractivity contribution in [3.05, 3.63) is 28.3 Å². The molecule has 1 aromatic carbocycles. The summed E-state index contributed by atoms with van der Waals surface area (Å²) in [6.07, 6.45) is 2.03. The minimum atomic E-state index is -0.436. The molecule has 0 saturated heterocycles. The lowest BCUT2D eigenvalue weighted by atomic mass is 9.75. The van der Waals surface area contributed by atoms with Crippen LogP contribution in [0, 0.1) is 18.8 Å². The summed E-state index contributed by atoms with van der Waals surface area (Å²) in [4.78, 5) is 28.7. The topological polar surface area (TPSA) is 40.6 Å². The molecule has 4 nitrogen and oxygen atoms in total. The second-order valence-electron chi connectivity index (χ2n) is 7.39. The average Bonchev–Trinajstić information content (AvgIpc) is 2.57. The minimum Gasteiger partial charge on any atom is -0.330 e. The van der Waals surface area contributed by atoms with Gasteiger partial charge < -0.3 is 9.80 Å². The maximum absolute atomic E-state index is 12.9. The standard InChI is InChI=1S/C19H26N2O2/c1-10-7-14-9-16-17(12(3)15(14)8-11(10)2)21(6)18(22)13(4)20(5)19(16)23/h9-11,13H,7-8H2,1-6H3. The Hall–Kier alpha value is -1.84. The third kappa shape index (κ3) is 2.27. The van der Waals surface area contributed by atoms with Gasteiger partial charge in [-0.2, -0.15) is 0 Å². The molecule has 0 aromatic heterocycles. The Morgan fingerprint density at radius 2 is 1.65 bits per heavy atom. The van der Waals surface area contributed by atoms with Crippen LogP contribution in [0.1, 0.15) is 47.8 Å². The van der Waals surface area contributed by atoms with Gasteiger partial charge in [0.1, 0.15) is 6.04 Å². The lowest BCUT2D eigenvalue weighted by Gasteiger charge is -2.32. The molecule has 1 aliphatic carbocycles. The first-order valence-electron chi connectivity index (χ1n) is 8.44. The molecule has 0 N–H and O–H groups in total. The molecule has 3 atom stereocenters. The second-order valence-corrected chi connectivity index (χ2v) is 7.39. The molecule has 4 heteroatoms. The van der Waals surface area contributed by atoms with Gasteiger partial charge in [0.05, 0.1) is 11.3 Å². The zero-order chi connectivity index (χ0) is 17.0. The van der Waals surface area contributed by atoms with Crippen LogP contribution in [0.25, 0.3) is 0 Å². The van der Waals surface area contributed by atoms with E-state index in [9.17, 15) is 9.59 Å². The Bertz CT molecular complexity index is 695. The van der Waals surface area contributed by atoms with E-state index in [1.807, 2.05) is 6.07 Å². The first kappa shape index (κ1) is 16.0. The number of nitrogens with zero attached hydrogens (tertiary/aromatic N) is 2. The molecule has 0 bridgehead atoms. The van der Waals surface area contributed by atoms with Gasteiger partial charge in [-0.25, -0.2) is 0 Å². The summed E-state index contributed by atoms with van der Waals surface area (Å²) in [7, 11) is 3.51. The lowest BCUT2D eigenvalue weighted by Crippen LogP contribution is -2.43. The maximum Gasteiger partial charge on any atom is 0.256 e. The van der Waals surface area contributed by atoms with E-state index in [1.54, 1.807) is 30.8 Å². The summed E-state index contributed by atoms with van der Waals surface area (Å²) in [6.45, 7) is 8.42. The molecule has 3 rings (SSSR count). The van der Waals surface area contributed by atoms with E-state index in [2.05, 4.69) is 20.8 Å². The van der Waals surface area contributed by atoms with Crippen LogP contribution >= 0.6 is 0 Å². The van der Waals surface area contributed by atoms with Crippen molar-refractivity contribution in [2.24, 2.45) is 11.8 Å². The highest BCUT2D eigenvalue weighted by atomic mass is 16.2. The normalized spacial score (nSPS) is 27.7. The number of benzene rings is 1. The van der Waals surface area contributed by atoms with Crippen molar-refractivity contribution in [1.29, 1.82) is 0 Å². The van der Waals surface area contributed by atoms with Crippen molar-refractivity contribution in [3.8, 4) is 0 Å². The van der Waals surface area contributed by atoms with Gasteiger partial charge in [-0.05, 0) is 61.3 Å². The molecule has 0 radical (unpaired) electrons. The van der Waals surface area contributed by atoms with Gasteiger partial charge in [0.15, 0.2) is 0 Å². The highest BCUT2D eigenvalue weighted by Crippen LogP contribution is 2.39. The van der Waals surface area contributed by atoms with Crippen molar-refractivity contribution < 1.29 is 9.59 Å². The number of rotatable bonds is 0. The second kappa shape index (κ2) is 5.36. The molecule has 1 aliphatic heterocycles. The van der Waals surface area contributed by atoms with E-state index < -0.39 is 6.04 Å². The Morgan fingerprint density at radius 1 is 1.04 bits per heavy atom.